The van der Waals surface area contributed by atoms with Gasteiger partial charge in [0.25, 0.3) is 0 Å². The van der Waals surface area contributed by atoms with Crippen molar-refractivity contribution in [3.05, 3.63) is 64.7 Å². The quantitative estimate of drug-likeness (QED) is 0.899. The van der Waals surface area contributed by atoms with Crippen LogP contribution < -0.4 is 10.1 Å². The minimum atomic E-state index is -0.832. The zero-order chi connectivity index (χ0) is 15.4. The molecule has 21 heavy (non-hydrogen) atoms. The largest absolute Gasteiger partial charge is 0.497 e. The van der Waals surface area contributed by atoms with E-state index in [-0.39, 0.29) is 0 Å². The molecule has 2 nitrogen and oxygen atoms in total. The number of benzene rings is 2. The molecule has 0 heterocycles. The molecule has 0 fully saturated rings. The first-order valence-electron chi connectivity index (χ1n) is 6.90. The number of aryl methyl sites for hydroxylation is 1. The van der Waals surface area contributed by atoms with E-state index in [1.54, 1.807) is 13.2 Å². The molecule has 0 aliphatic carbocycles. The lowest BCUT2D eigenvalue weighted by Gasteiger charge is -2.22. The van der Waals surface area contributed by atoms with E-state index in [0.29, 0.717) is 12.1 Å². The van der Waals surface area contributed by atoms with Crippen LogP contribution in [0.15, 0.2) is 36.4 Å². The maximum absolute atomic E-state index is 14.1. The summed E-state index contributed by atoms with van der Waals surface area (Å²) in [4.78, 5) is 0. The minimum absolute atomic E-state index is 0.310. The van der Waals surface area contributed by atoms with Crippen LogP contribution >= 0.6 is 0 Å². The van der Waals surface area contributed by atoms with Crippen LogP contribution in [0, 0.1) is 18.6 Å². The van der Waals surface area contributed by atoms with Crippen LogP contribution in [0.3, 0.4) is 0 Å². The SMILES string of the molecule is CCNC(c1ccc(OC)cc1C)c1cccc(F)c1F. The number of hydrogen-bond donors (Lipinski definition) is 1. The van der Waals surface area contributed by atoms with Crippen molar-refractivity contribution in [3.63, 3.8) is 0 Å². The van der Waals surface area contributed by atoms with E-state index in [4.69, 9.17) is 4.74 Å². The molecule has 0 saturated carbocycles. The van der Waals surface area contributed by atoms with Gasteiger partial charge < -0.3 is 10.1 Å². The van der Waals surface area contributed by atoms with Crippen LogP contribution in [0.2, 0.25) is 0 Å². The van der Waals surface area contributed by atoms with Gasteiger partial charge in [-0.25, -0.2) is 8.78 Å². The third-order valence-electron chi connectivity index (χ3n) is 3.49. The van der Waals surface area contributed by atoms with Crippen LogP contribution in [-0.4, -0.2) is 13.7 Å². The average Bonchev–Trinajstić information content (AvgIpc) is 2.48. The summed E-state index contributed by atoms with van der Waals surface area (Å²) in [6.07, 6.45) is 0. The third kappa shape index (κ3) is 3.22. The highest BCUT2D eigenvalue weighted by Crippen LogP contribution is 2.29. The van der Waals surface area contributed by atoms with Gasteiger partial charge in [-0.05, 0) is 42.8 Å². The molecule has 0 aromatic heterocycles. The number of methoxy groups -OCH3 is 1. The molecule has 2 aromatic carbocycles. The number of nitrogens with one attached hydrogen (secondary N) is 1. The lowest BCUT2D eigenvalue weighted by Crippen LogP contribution is -2.24. The van der Waals surface area contributed by atoms with Gasteiger partial charge in [0.15, 0.2) is 11.6 Å². The number of halogens is 2. The van der Waals surface area contributed by atoms with Crippen molar-refractivity contribution in [2.45, 2.75) is 19.9 Å². The lowest BCUT2D eigenvalue weighted by atomic mass is 9.94. The van der Waals surface area contributed by atoms with Gasteiger partial charge in [-0.1, -0.05) is 25.1 Å². The smallest absolute Gasteiger partial charge is 0.163 e. The Labute approximate surface area is 123 Å². The molecule has 4 heteroatoms. The standard InChI is InChI=1S/C17H19F2NO/c1-4-20-17(14-6-5-7-15(18)16(14)19)13-9-8-12(21-3)10-11(13)2/h5-10,17,20H,4H2,1-3H3. The predicted molar refractivity (Wildman–Crippen MR) is 79.6 cm³/mol. The molecular weight excluding hydrogens is 272 g/mol. The Morgan fingerprint density at radius 1 is 1.14 bits per heavy atom. The summed E-state index contributed by atoms with van der Waals surface area (Å²) in [6, 6.07) is 9.46. The second-order valence-corrected chi connectivity index (χ2v) is 4.86. The fourth-order valence-electron chi connectivity index (χ4n) is 2.43. The molecule has 0 bridgehead atoms. The molecule has 0 aliphatic rings. The summed E-state index contributed by atoms with van der Waals surface area (Å²) in [5.74, 6) is -0.897. The number of rotatable bonds is 5. The highest BCUT2D eigenvalue weighted by atomic mass is 19.2. The van der Waals surface area contributed by atoms with Crippen LogP contribution in [0.1, 0.15) is 29.7 Å². The Bertz CT molecular complexity index is 628. The van der Waals surface area contributed by atoms with E-state index in [2.05, 4.69) is 5.32 Å². The van der Waals surface area contributed by atoms with Crippen molar-refractivity contribution in [1.82, 2.24) is 5.32 Å². The highest BCUT2D eigenvalue weighted by Gasteiger charge is 2.20. The summed E-state index contributed by atoms with van der Waals surface area (Å²) in [6.45, 7) is 4.51. The topological polar surface area (TPSA) is 21.3 Å². The number of hydrogen-bond acceptors (Lipinski definition) is 2. The molecule has 0 spiro atoms. The van der Waals surface area contributed by atoms with Gasteiger partial charge >= 0.3 is 0 Å². The van der Waals surface area contributed by atoms with Crippen molar-refractivity contribution in [1.29, 1.82) is 0 Å². The highest BCUT2D eigenvalue weighted by molar-refractivity contribution is 5.41. The zero-order valence-electron chi connectivity index (χ0n) is 12.4. The number of ether oxygens (including phenoxy) is 1. The first-order chi connectivity index (χ1) is 10.1. The van der Waals surface area contributed by atoms with Crippen molar-refractivity contribution in [2.24, 2.45) is 0 Å². The van der Waals surface area contributed by atoms with Gasteiger partial charge in [0.2, 0.25) is 0 Å². The Morgan fingerprint density at radius 3 is 2.52 bits per heavy atom. The minimum Gasteiger partial charge on any atom is -0.497 e. The molecule has 0 aliphatic heterocycles. The van der Waals surface area contributed by atoms with E-state index in [1.165, 1.54) is 6.07 Å². The van der Waals surface area contributed by atoms with Gasteiger partial charge in [-0.3, -0.25) is 0 Å². The van der Waals surface area contributed by atoms with Gasteiger partial charge in [0, 0.05) is 5.56 Å². The van der Waals surface area contributed by atoms with Crippen LogP contribution in [0.5, 0.6) is 5.75 Å². The van der Waals surface area contributed by atoms with Crippen LogP contribution in [0.4, 0.5) is 8.78 Å². The van der Waals surface area contributed by atoms with Gasteiger partial charge in [-0.2, -0.15) is 0 Å². The van der Waals surface area contributed by atoms with E-state index in [9.17, 15) is 8.78 Å². The van der Waals surface area contributed by atoms with Crippen molar-refractivity contribution < 1.29 is 13.5 Å². The molecule has 2 rings (SSSR count). The van der Waals surface area contributed by atoms with Gasteiger partial charge in [0.1, 0.15) is 5.75 Å². The van der Waals surface area contributed by atoms with Crippen molar-refractivity contribution >= 4 is 0 Å². The summed E-state index contributed by atoms with van der Waals surface area (Å²) < 4.78 is 32.8. The predicted octanol–water partition coefficient (Wildman–Crippen LogP) is 3.98. The monoisotopic (exact) mass is 291 g/mol. The molecule has 0 amide bonds. The summed E-state index contributed by atoms with van der Waals surface area (Å²) in [7, 11) is 1.60. The molecule has 0 saturated heterocycles. The lowest BCUT2D eigenvalue weighted by molar-refractivity contribution is 0.414. The fraction of sp³-hybridized carbons (Fsp3) is 0.294. The normalized spacial score (nSPS) is 12.2. The fourth-order valence-corrected chi connectivity index (χ4v) is 2.43. The maximum Gasteiger partial charge on any atom is 0.163 e. The third-order valence-corrected chi connectivity index (χ3v) is 3.49. The average molecular weight is 291 g/mol. The first kappa shape index (κ1) is 15.4. The Morgan fingerprint density at radius 2 is 1.90 bits per heavy atom. The molecular formula is C17H19F2NO. The Kier molecular flexibility index (Phi) is 4.91. The summed E-state index contributed by atoms with van der Waals surface area (Å²) in [5, 5.41) is 3.21. The Balaban J connectivity index is 2.51. The summed E-state index contributed by atoms with van der Waals surface area (Å²) >= 11 is 0. The Hall–Kier alpha value is -1.94. The van der Waals surface area contributed by atoms with Gasteiger partial charge in [-0.15, -0.1) is 0 Å². The van der Waals surface area contributed by atoms with Gasteiger partial charge in [0.05, 0.1) is 13.2 Å². The van der Waals surface area contributed by atoms with Crippen LogP contribution in [0.25, 0.3) is 0 Å². The first-order valence-corrected chi connectivity index (χ1v) is 6.90. The molecule has 112 valence electrons. The maximum atomic E-state index is 14.1. The second kappa shape index (κ2) is 6.68. The van der Waals surface area contributed by atoms with Crippen LogP contribution in [-0.2, 0) is 0 Å². The van der Waals surface area contributed by atoms with E-state index in [1.807, 2.05) is 32.0 Å². The van der Waals surface area contributed by atoms with Crippen molar-refractivity contribution in [3.8, 4) is 5.75 Å². The van der Waals surface area contributed by atoms with E-state index in [0.717, 1.165) is 22.9 Å². The van der Waals surface area contributed by atoms with E-state index < -0.39 is 17.7 Å². The zero-order valence-corrected chi connectivity index (χ0v) is 12.4. The molecule has 0 radical (unpaired) electrons. The molecule has 1 unspecified atom stereocenters. The molecule has 1 atom stereocenters. The summed E-state index contributed by atoms with van der Waals surface area (Å²) in [5.41, 5.74) is 2.18. The molecule has 1 N–H and O–H groups in total. The van der Waals surface area contributed by atoms with E-state index >= 15 is 0 Å². The second-order valence-electron chi connectivity index (χ2n) is 4.86. The molecule has 2 aromatic rings. The van der Waals surface area contributed by atoms with Crippen molar-refractivity contribution in [2.75, 3.05) is 13.7 Å².